The molecule has 8 aromatic carbocycles. The Kier molecular flexibility index (Phi) is 8.81. The number of hydrogen-bond acceptors (Lipinski definition) is 2. The van der Waals surface area contributed by atoms with E-state index in [2.05, 4.69) is 211 Å². The SMILES string of the molecule is Cc1cccc(C)c1N(c1cccc(C(C)C)c1)c1ccc2cc3c(cc2c1)-c1cc2cc(N(c4cccc(C(C)C)c4)c4c(C)cccc4C)ccc2cc1-3. The first kappa shape index (κ1) is 35.6. The third-order valence-corrected chi connectivity index (χ3v) is 11.9. The molecule has 0 heterocycles. The lowest BCUT2D eigenvalue weighted by atomic mass is 9.78. The monoisotopic (exact) mass is 726 g/mol. The van der Waals surface area contributed by atoms with Crippen molar-refractivity contribution in [3.63, 3.8) is 0 Å². The molecule has 0 atom stereocenters. The van der Waals surface area contributed by atoms with Crippen LogP contribution in [0.3, 0.4) is 0 Å². The summed E-state index contributed by atoms with van der Waals surface area (Å²) in [5.74, 6) is 0.895. The number of rotatable bonds is 8. The summed E-state index contributed by atoms with van der Waals surface area (Å²) >= 11 is 0. The van der Waals surface area contributed by atoms with E-state index in [0.717, 1.165) is 0 Å². The fourth-order valence-electron chi connectivity index (χ4n) is 8.85. The summed E-state index contributed by atoms with van der Waals surface area (Å²) in [5, 5.41) is 5.03. The fourth-order valence-corrected chi connectivity index (χ4v) is 8.85. The molecule has 0 saturated carbocycles. The van der Waals surface area contributed by atoms with Crippen molar-refractivity contribution in [2.75, 3.05) is 9.80 Å². The van der Waals surface area contributed by atoms with Crippen molar-refractivity contribution in [2.24, 2.45) is 0 Å². The van der Waals surface area contributed by atoms with Crippen LogP contribution in [-0.2, 0) is 0 Å². The molecule has 0 aromatic heterocycles. The number of benzene rings is 8. The summed E-state index contributed by atoms with van der Waals surface area (Å²) in [6.07, 6.45) is 0. The van der Waals surface area contributed by atoms with E-state index in [4.69, 9.17) is 0 Å². The van der Waals surface area contributed by atoms with Crippen molar-refractivity contribution < 1.29 is 0 Å². The minimum atomic E-state index is 0.447. The van der Waals surface area contributed by atoms with E-state index in [0.29, 0.717) is 11.8 Å². The summed E-state index contributed by atoms with van der Waals surface area (Å²) in [6, 6.07) is 54.9. The average Bonchev–Trinajstić information content (AvgIpc) is 3.19. The molecular weight excluding hydrogens is 677 g/mol. The Morgan fingerprint density at radius 3 is 1.00 bits per heavy atom. The molecule has 0 spiro atoms. The third-order valence-electron chi connectivity index (χ3n) is 11.9. The molecular formula is C54H50N2. The Bertz CT molecular complexity index is 2590. The Morgan fingerprint density at radius 2 is 0.643 bits per heavy atom. The number of anilines is 6. The molecule has 0 bridgehead atoms. The molecule has 0 radical (unpaired) electrons. The van der Waals surface area contributed by atoms with Gasteiger partial charge in [0.25, 0.3) is 0 Å². The normalized spacial score (nSPS) is 11.9. The van der Waals surface area contributed by atoms with Crippen molar-refractivity contribution >= 4 is 55.7 Å². The number of para-hydroxylation sites is 2. The summed E-state index contributed by atoms with van der Waals surface area (Å²) in [5.41, 5.74) is 20.3. The second-order valence-electron chi connectivity index (χ2n) is 16.5. The maximum absolute atomic E-state index is 2.46. The lowest BCUT2D eigenvalue weighted by Crippen LogP contribution is -2.13. The molecule has 0 N–H and O–H groups in total. The summed E-state index contributed by atoms with van der Waals surface area (Å²) < 4.78 is 0. The second-order valence-corrected chi connectivity index (χ2v) is 16.5. The zero-order valence-corrected chi connectivity index (χ0v) is 33.9. The standard InChI is InChI=1S/C54H50N2/c1-33(2)39-17-11-19-45(25-39)55(53-35(5)13-9-14-36(53)6)47-23-21-41-29-49-50-30-42-22-24-48(28-44(42)32-52(50)51(49)31-43(41)27-47)56(54-37(7)15-10-16-38(54)8)46-20-12-18-40(26-46)34(3)4/h9-34H,1-8H3. The molecule has 1 aliphatic carbocycles. The van der Waals surface area contributed by atoms with Crippen molar-refractivity contribution in [3.05, 3.63) is 179 Å². The Morgan fingerprint density at radius 1 is 0.321 bits per heavy atom. The van der Waals surface area contributed by atoms with Crippen LogP contribution in [0.4, 0.5) is 34.1 Å². The van der Waals surface area contributed by atoms with Gasteiger partial charge in [-0.1, -0.05) is 100 Å². The molecule has 276 valence electrons. The van der Waals surface area contributed by atoms with Gasteiger partial charge in [-0.3, -0.25) is 0 Å². The Labute approximate surface area is 332 Å². The van der Waals surface area contributed by atoms with E-state index in [1.54, 1.807) is 0 Å². The molecule has 2 nitrogen and oxygen atoms in total. The molecule has 2 heteroatoms. The first-order valence-corrected chi connectivity index (χ1v) is 20.1. The first-order valence-electron chi connectivity index (χ1n) is 20.1. The van der Waals surface area contributed by atoms with E-state index < -0.39 is 0 Å². The van der Waals surface area contributed by atoms with Gasteiger partial charge in [0, 0.05) is 22.7 Å². The zero-order valence-electron chi connectivity index (χ0n) is 33.9. The quantitative estimate of drug-likeness (QED) is 0.154. The van der Waals surface area contributed by atoms with Crippen molar-refractivity contribution in [1.82, 2.24) is 0 Å². The van der Waals surface area contributed by atoms with Crippen molar-refractivity contribution in [1.29, 1.82) is 0 Å². The predicted molar refractivity (Wildman–Crippen MR) is 242 cm³/mol. The molecule has 56 heavy (non-hydrogen) atoms. The molecule has 8 aromatic rings. The first-order chi connectivity index (χ1) is 27.0. The van der Waals surface area contributed by atoms with Gasteiger partial charge in [-0.2, -0.15) is 0 Å². The molecule has 0 amide bonds. The minimum absolute atomic E-state index is 0.447. The predicted octanol–water partition coefficient (Wildman–Crippen LogP) is 16.1. The van der Waals surface area contributed by atoms with Crippen LogP contribution in [0.5, 0.6) is 0 Å². The van der Waals surface area contributed by atoms with Gasteiger partial charge in [0.2, 0.25) is 0 Å². The number of hydrogen-bond donors (Lipinski definition) is 0. The molecule has 0 fully saturated rings. The Balaban J connectivity index is 1.15. The smallest absolute Gasteiger partial charge is 0.0519 e. The van der Waals surface area contributed by atoms with Crippen LogP contribution in [0.15, 0.2) is 146 Å². The van der Waals surface area contributed by atoms with E-state index in [-0.39, 0.29) is 0 Å². The van der Waals surface area contributed by atoms with Gasteiger partial charge in [-0.05, 0) is 190 Å². The molecule has 1 aliphatic rings. The van der Waals surface area contributed by atoms with E-state index in [1.165, 1.54) is 111 Å². The number of nitrogens with zero attached hydrogens (tertiary/aromatic N) is 2. The highest BCUT2D eigenvalue weighted by molar-refractivity contribution is 6.12. The van der Waals surface area contributed by atoms with Crippen LogP contribution in [0.25, 0.3) is 43.8 Å². The zero-order chi connectivity index (χ0) is 38.8. The summed E-state index contributed by atoms with van der Waals surface area (Å²) in [6.45, 7) is 18.0. The van der Waals surface area contributed by atoms with Crippen LogP contribution >= 0.6 is 0 Å². The van der Waals surface area contributed by atoms with Crippen LogP contribution < -0.4 is 9.80 Å². The summed E-state index contributed by atoms with van der Waals surface area (Å²) in [7, 11) is 0. The van der Waals surface area contributed by atoms with Gasteiger partial charge in [0.15, 0.2) is 0 Å². The minimum Gasteiger partial charge on any atom is -0.310 e. The van der Waals surface area contributed by atoms with Crippen LogP contribution in [0.2, 0.25) is 0 Å². The number of aryl methyl sites for hydroxylation is 4. The third kappa shape index (κ3) is 6.05. The second kappa shape index (κ2) is 13.9. The van der Waals surface area contributed by atoms with E-state index in [9.17, 15) is 0 Å². The van der Waals surface area contributed by atoms with Gasteiger partial charge in [-0.25, -0.2) is 0 Å². The van der Waals surface area contributed by atoms with Gasteiger partial charge < -0.3 is 9.80 Å². The van der Waals surface area contributed by atoms with Gasteiger partial charge >= 0.3 is 0 Å². The lowest BCUT2D eigenvalue weighted by Gasteiger charge is -2.31. The van der Waals surface area contributed by atoms with Crippen molar-refractivity contribution in [2.45, 2.75) is 67.2 Å². The van der Waals surface area contributed by atoms with Crippen LogP contribution in [0.1, 0.15) is 72.9 Å². The van der Waals surface area contributed by atoms with Gasteiger partial charge in [-0.15, -0.1) is 0 Å². The molecule has 0 aliphatic heterocycles. The van der Waals surface area contributed by atoms with E-state index >= 15 is 0 Å². The largest absolute Gasteiger partial charge is 0.310 e. The van der Waals surface area contributed by atoms with Crippen molar-refractivity contribution in [3.8, 4) is 22.3 Å². The Hall–Kier alpha value is -6.12. The number of fused-ring (bicyclic) bond motifs is 6. The fraction of sp³-hybridized carbons (Fsp3) is 0.185. The van der Waals surface area contributed by atoms with Gasteiger partial charge in [0.05, 0.1) is 11.4 Å². The topological polar surface area (TPSA) is 6.48 Å². The molecule has 9 rings (SSSR count). The molecule has 0 unspecified atom stereocenters. The summed E-state index contributed by atoms with van der Waals surface area (Å²) in [4.78, 5) is 4.91. The maximum Gasteiger partial charge on any atom is 0.0519 e. The van der Waals surface area contributed by atoms with Crippen LogP contribution in [0, 0.1) is 27.7 Å². The average molecular weight is 727 g/mol. The van der Waals surface area contributed by atoms with Gasteiger partial charge in [0.1, 0.15) is 0 Å². The molecule has 0 saturated heterocycles. The van der Waals surface area contributed by atoms with E-state index in [1.807, 2.05) is 0 Å². The lowest BCUT2D eigenvalue weighted by molar-refractivity contribution is 0.866. The maximum atomic E-state index is 2.46. The van der Waals surface area contributed by atoms with Crippen LogP contribution in [-0.4, -0.2) is 0 Å². The highest BCUT2D eigenvalue weighted by Crippen LogP contribution is 2.52. The highest BCUT2D eigenvalue weighted by atomic mass is 15.2. The highest BCUT2D eigenvalue weighted by Gasteiger charge is 2.26.